The lowest BCUT2D eigenvalue weighted by molar-refractivity contribution is 0.0403. The maximum absolute atomic E-state index is 13.3. The van der Waals surface area contributed by atoms with Crippen LogP contribution in [0, 0.1) is 0 Å². The lowest BCUT2D eigenvalue weighted by Gasteiger charge is -2.28. The minimum atomic E-state index is -0.491. The molecule has 3 rings (SSSR count). The van der Waals surface area contributed by atoms with Gasteiger partial charge in [-0.3, -0.25) is 4.79 Å². The van der Waals surface area contributed by atoms with E-state index in [0.29, 0.717) is 48.0 Å². The fourth-order valence-corrected chi connectivity index (χ4v) is 3.51. The first kappa shape index (κ1) is 23.7. The molecule has 3 amide bonds. The van der Waals surface area contributed by atoms with Gasteiger partial charge in [0.1, 0.15) is 0 Å². The summed E-state index contributed by atoms with van der Waals surface area (Å²) in [6.07, 6.45) is 0.618. The Morgan fingerprint density at radius 1 is 0.909 bits per heavy atom. The molecule has 0 bridgehead atoms. The second-order valence-electron chi connectivity index (χ2n) is 7.05. The van der Waals surface area contributed by atoms with Crippen LogP contribution in [0.3, 0.4) is 0 Å². The number of hydrogen-bond acceptors (Lipinski definition) is 7. The third kappa shape index (κ3) is 5.11. The van der Waals surface area contributed by atoms with E-state index in [2.05, 4.69) is 5.32 Å². The van der Waals surface area contributed by atoms with Gasteiger partial charge in [0.25, 0.3) is 5.91 Å². The molecule has 1 heterocycles. The zero-order chi connectivity index (χ0) is 24.0. The number of urea groups is 1. The molecule has 0 spiro atoms. The maximum Gasteiger partial charge on any atom is 0.340 e. The topological polar surface area (TPSA) is 107 Å². The van der Waals surface area contributed by atoms with E-state index >= 15 is 0 Å². The van der Waals surface area contributed by atoms with Gasteiger partial charge in [-0.1, -0.05) is 6.07 Å². The molecule has 33 heavy (non-hydrogen) atoms. The van der Waals surface area contributed by atoms with Gasteiger partial charge in [0.05, 0.1) is 33.5 Å². The van der Waals surface area contributed by atoms with Gasteiger partial charge in [-0.25, -0.2) is 19.6 Å². The molecule has 1 saturated heterocycles. The second kappa shape index (κ2) is 10.6. The summed E-state index contributed by atoms with van der Waals surface area (Å²) < 4.78 is 21.0. The van der Waals surface area contributed by atoms with E-state index in [0.717, 1.165) is 0 Å². The number of carbonyl (C=O) groups excluding carboxylic acids is 3. The van der Waals surface area contributed by atoms with E-state index in [1.54, 1.807) is 37.3 Å². The second-order valence-corrected chi connectivity index (χ2v) is 7.05. The Morgan fingerprint density at radius 3 is 2.18 bits per heavy atom. The van der Waals surface area contributed by atoms with E-state index in [9.17, 15) is 14.4 Å². The molecule has 0 atom stereocenters. The molecule has 2 aromatic carbocycles. The number of nitrogens with zero attached hydrogens (tertiary/aromatic N) is 2. The van der Waals surface area contributed by atoms with Gasteiger partial charge >= 0.3 is 12.0 Å². The molecule has 1 aliphatic rings. The Morgan fingerprint density at radius 2 is 1.58 bits per heavy atom. The van der Waals surface area contributed by atoms with Crippen LogP contribution in [0.1, 0.15) is 34.1 Å². The SMILES string of the molecule is CCOC(=O)c1cccc(NC(=O)N2CCCN2C(=O)c2cc(OC)c(OC)c(OC)c2)c1. The van der Waals surface area contributed by atoms with E-state index < -0.39 is 12.0 Å². The fraction of sp³-hybridized carbons (Fsp3) is 0.348. The van der Waals surface area contributed by atoms with Crippen LogP contribution in [0.25, 0.3) is 0 Å². The summed E-state index contributed by atoms with van der Waals surface area (Å²) in [6.45, 7) is 2.70. The standard InChI is InChI=1S/C23H27N3O7/c1-5-33-22(28)15-8-6-9-17(12-15)24-23(29)26-11-7-10-25(26)21(27)16-13-18(30-2)20(32-4)19(14-16)31-3/h6,8-9,12-14H,5,7,10-11H2,1-4H3,(H,24,29). The molecular weight excluding hydrogens is 430 g/mol. The number of nitrogens with one attached hydrogen (secondary N) is 1. The number of hydrazine groups is 1. The fourth-order valence-electron chi connectivity index (χ4n) is 3.51. The van der Waals surface area contributed by atoms with Crippen LogP contribution >= 0.6 is 0 Å². The third-order valence-electron chi connectivity index (χ3n) is 5.04. The van der Waals surface area contributed by atoms with Crippen molar-refractivity contribution < 1.29 is 33.3 Å². The first-order valence-corrected chi connectivity index (χ1v) is 10.4. The molecule has 176 valence electrons. The van der Waals surface area contributed by atoms with Crippen molar-refractivity contribution in [2.75, 3.05) is 46.3 Å². The van der Waals surface area contributed by atoms with Gasteiger partial charge in [-0.15, -0.1) is 0 Å². The lowest BCUT2D eigenvalue weighted by Crippen LogP contribution is -2.46. The number of anilines is 1. The van der Waals surface area contributed by atoms with Crippen LogP contribution in [-0.4, -0.2) is 69.0 Å². The van der Waals surface area contributed by atoms with Crippen LogP contribution in [0.2, 0.25) is 0 Å². The molecular formula is C23H27N3O7. The molecule has 0 unspecified atom stereocenters. The first-order chi connectivity index (χ1) is 15.9. The third-order valence-corrected chi connectivity index (χ3v) is 5.04. The zero-order valence-electron chi connectivity index (χ0n) is 19.0. The number of ether oxygens (including phenoxy) is 4. The summed E-state index contributed by atoms with van der Waals surface area (Å²) in [6, 6.07) is 9.02. The lowest BCUT2D eigenvalue weighted by atomic mass is 10.1. The molecule has 10 nitrogen and oxygen atoms in total. The molecule has 0 saturated carbocycles. The average molecular weight is 457 g/mol. The Labute approximate surface area is 191 Å². The van der Waals surface area contributed by atoms with E-state index in [4.69, 9.17) is 18.9 Å². The molecule has 10 heteroatoms. The van der Waals surface area contributed by atoms with Crippen molar-refractivity contribution in [1.82, 2.24) is 10.0 Å². The highest BCUT2D eigenvalue weighted by atomic mass is 16.5. The van der Waals surface area contributed by atoms with Gasteiger partial charge < -0.3 is 24.3 Å². The normalized spacial score (nSPS) is 12.8. The predicted octanol–water partition coefficient (Wildman–Crippen LogP) is 3.18. The predicted molar refractivity (Wildman–Crippen MR) is 120 cm³/mol. The maximum atomic E-state index is 13.3. The van der Waals surface area contributed by atoms with E-state index in [1.807, 2.05) is 0 Å². The Hall–Kier alpha value is -3.95. The van der Waals surface area contributed by atoms with Crippen LogP contribution in [0.5, 0.6) is 17.2 Å². The Balaban J connectivity index is 1.80. The summed E-state index contributed by atoms with van der Waals surface area (Å²) in [5.74, 6) is 0.183. The highest BCUT2D eigenvalue weighted by Gasteiger charge is 2.32. The number of amides is 3. The minimum Gasteiger partial charge on any atom is -0.493 e. The van der Waals surface area contributed by atoms with E-state index in [-0.39, 0.29) is 18.1 Å². The highest BCUT2D eigenvalue weighted by Crippen LogP contribution is 2.38. The zero-order valence-corrected chi connectivity index (χ0v) is 19.0. The van der Waals surface area contributed by atoms with Crippen molar-refractivity contribution >= 4 is 23.6 Å². The number of methoxy groups -OCH3 is 3. The molecule has 0 aromatic heterocycles. The number of esters is 1. The molecule has 1 aliphatic heterocycles. The molecule has 1 fully saturated rings. The van der Waals surface area contributed by atoms with Crippen LogP contribution < -0.4 is 19.5 Å². The highest BCUT2D eigenvalue weighted by molar-refractivity contribution is 5.99. The summed E-state index contributed by atoms with van der Waals surface area (Å²) in [5, 5.41) is 5.44. The number of hydrogen-bond donors (Lipinski definition) is 1. The van der Waals surface area contributed by atoms with Crippen molar-refractivity contribution in [1.29, 1.82) is 0 Å². The number of benzene rings is 2. The summed E-state index contributed by atoms with van der Waals surface area (Å²) >= 11 is 0. The average Bonchev–Trinajstić information content (AvgIpc) is 3.33. The Bertz CT molecular complexity index is 1020. The van der Waals surface area contributed by atoms with Crippen LogP contribution in [0.15, 0.2) is 36.4 Å². The number of rotatable bonds is 7. The van der Waals surface area contributed by atoms with Gasteiger partial charge in [0.2, 0.25) is 5.75 Å². The van der Waals surface area contributed by atoms with Gasteiger partial charge in [-0.2, -0.15) is 0 Å². The summed E-state index contributed by atoms with van der Waals surface area (Å²) in [7, 11) is 4.41. The molecule has 2 aromatic rings. The monoisotopic (exact) mass is 457 g/mol. The molecule has 0 aliphatic carbocycles. The van der Waals surface area contributed by atoms with Crippen molar-refractivity contribution in [2.45, 2.75) is 13.3 Å². The summed E-state index contributed by atoms with van der Waals surface area (Å²) in [4.78, 5) is 38.2. The quantitative estimate of drug-likeness (QED) is 0.637. The van der Waals surface area contributed by atoms with Gasteiger partial charge in [-0.05, 0) is 43.7 Å². The van der Waals surface area contributed by atoms with E-state index in [1.165, 1.54) is 37.4 Å². The summed E-state index contributed by atoms with van der Waals surface area (Å²) in [5.41, 5.74) is 1.02. The van der Waals surface area contributed by atoms with Gasteiger partial charge in [0, 0.05) is 24.3 Å². The molecule has 0 radical (unpaired) electrons. The number of carbonyl (C=O) groups is 3. The van der Waals surface area contributed by atoms with Crippen LogP contribution in [-0.2, 0) is 4.74 Å². The first-order valence-electron chi connectivity index (χ1n) is 10.4. The van der Waals surface area contributed by atoms with Crippen molar-refractivity contribution in [3.8, 4) is 17.2 Å². The minimum absolute atomic E-state index is 0.251. The van der Waals surface area contributed by atoms with Crippen molar-refractivity contribution in [3.05, 3.63) is 47.5 Å². The largest absolute Gasteiger partial charge is 0.493 e. The van der Waals surface area contributed by atoms with Crippen molar-refractivity contribution in [2.24, 2.45) is 0 Å². The van der Waals surface area contributed by atoms with Crippen molar-refractivity contribution in [3.63, 3.8) is 0 Å². The Kier molecular flexibility index (Phi) is 7.60. The molecule has 1 N–H and O–H groups in total. The van der Waals surface area contributed by atoms with Crippen LogP contribution in [0.4, 0.5) is 10.5 Å². The smallest absolute Gasteiger partial charge is 0.340 e. The van der Waals surface area contributed by atoms with Gasteiger partial charge in [0.15, 0.2) is 11.5 Å².